The zero-order chi connectivity index (χ0) is 17.9. The summed E-state index contributed by atoms with van der Waals surface area (Å²) in [5.41, 5.74) is -0.0367. The van der Waals surface area contributed by atoms with Crippen LogP contribution in [0.1, 0.15) is 39.2 Å². The predicted molar refractivity (Wildman–Crippen MR) is 97.7 cm³/mol. The first-order chi connectivity index (χ1) is 12.1. The lowest BCUT2D eigenvalue weighted by molar-refractivity contribution is -0.127. The second-order valence-electron chi connectivity index (χ2n) is 6.15. The van der Waals surface area contributed by atoms with Gasteiger partial charge in [0.1, 0.15) is 11.6 Å². The molecule has 3 rings (SSSR count). The van der Waals surface area contributed by atoms with Gasteiger partial charge in [-0.1, -0.05) is 19.0 Å². The Balaban J connectivity index is 1.92. The fraction of sp³-hybridized carbons (Fsp3) is 0.611. The zero-order valence-corrected chi connectivity index (χ0v) is 16.0. The highest BCUT2D eigenvalue weighted by Crippen LogP contribution is 2.47. The van der Waals surface area contributed by atoms with Gasteiger partial charge < -0.3 is 19.0 Å². The highest BCUT2D eigenvalue weighted by atomic mass is 31.1. The highest BCUT2D eigenvalue weighted by Gasteiger charge is 2.51. The molecule has 2 heterocycles. The van der Waals surface area contributed by atoms with Gasteiger partial charge in [0.05, 0.1) is 18.3 Å². The van der Waals surface area contributed by atoms with E-state index >= 15 is 0 Å². The van der Waals surface area contributed by atoms with Crippen molar-refractivity contribution in [3.8, 4) is 5.75 Å². The normalized spacial score (nSPS) is 23.0. The van der Waals surface area contributed by atoms with Crippen LogP contribution in [0.25, 0.3) is 0 Å². The second kappa shape index (κ2) is 7.88. The van der Waals surface area contributed by atoms with E-state index in [1.54, 1.807) is 6.07 Å². The number of rotatable bonds is 7. The average molecular weight is 368 g/mol. The Hall–Kier alpha value is -1.39. The molecule has 0 saturated heterocycles. The Morgan fingerprint density at radius 1 is 1.36 bits per heavy atom. The van der Waals surface area contributed by atoms with E-state index in [0.29, 0.717) is 25.4 Å². The number of oxime groups is 1. The minimum Gasteiger partial charge on any atom is -0.493 e. The van der Waals surface area contributed by atoms with E-state index in [0.717, 1.165) is 36.7 Å². The van der Waals surface area contributed by atoms with E-state index < -0.39 is 13.9 Å². The molecule has 0 fully saturated rings. The molecule has 1 aromatic rings. The van der Waals surface area contributed by atoms with Gasteiger partial charge in [-0.3, -0.25) is 0 Å². The van der Waals surface area contributed by atoms with Crippen molar-refractivity contribution in [3.63, 3.8) is 0 Å². The standard InChI is InChI=1S/C18H26FN2O3P/c1-4-10-21-17(13-25(6-3)23-5-2)20-24-18(21)9-11-22-16-8-7-14(19)12-15(16)18/h7-8,12H,4-6,9-11,13H2,1-3H3. The number of halogens is 1. The molecule has 7 heteroatoms. The second-order valence-corrected chi connectivity index (χ2v) is 8.32. The maximum Gasteiger partial charge on any atom is 0.244 e. The van der Waals surface area contributed by atoms with Crippen LogP contribution in [0.4, 0.5) is 4.39 Å². The SMILES string of the molecule is CCCN1C(CP(CC)OCC)=NOC12CCOc1ccc(F)cc12. The van der Waals surface area contributed by atoms with E-state index in [-0.39, 0.29) is 5.82 Å². The topological polar surface area (TPSA) is 43.3 Å². The number of benzene rings is 1. The monoisotopic (exact) mass is 368 g/mol. The quantitative estimate of drug-likeness (QED) is 0.674. The number of hydrogen-bond acceptors (Lipinski definition) is 5. The fourth-order valence-corrected chi connectivity index (χ4v) is 4.82. The summed E-state index contributed by atoms with van der Waals surface area (Å²) in [6.45, 7) is 8.30. The maximum absolute atomic E-state index is 13.9. The summed E-state index contributed by atoms with van der Waals surface area (Å²) in [6.07, 6.45) is 3.31. The van der Waals surface area contributed by atoms with Crippen molar-refractivity contribution in [2.45, 2.75) is 39.3 Å². The van der Waals surface area contributed by atoms with E-state index in [1.165, 1.54) is 12.1 Å². The molecule has 2 aliphatic heterocycles. The first kappa shape index (κ1) is 18.4. The molecule has 0 N–H and O–H groups in total. The van der Waals surface area contributed by atoms with Crippen LogP contribution in [0.5, 0.6) is 5.75 Å². The Bertz CT molecular complexity index is 643. The van der Waals surface area contributed by atoms with Crippen molar-refractivity contribution in [3.05, 3.63) is 29.6 Å². The van der Waals surface area contributed by atoms with Crippen LogP contribution in [0, 0.1) is 5.82 Å². The van der Waals surface area contributed by atoms with Crippen LogP contribution in [0.2, 0.25) is 0 Å². The van der Waals surface area contributed by atoms with Gasteiger partial charge in [-0.15, -0.1) is 0 Å². The molecular formula is C18H26FN2O3P. The van der Waals surface area contributed by atoms with E-state index in [1.807, 2.05) is 6.92 Å². The summed E-state index contributed by atoms with van der Waals surface area (Å²) in [4.78, 5) is 8.18. The summed E-state index contributed by atoms with van der Waals surface area (Å²) in [5, 5.41) is 4.41. The number of amidine groups is 1. The third kappa shape index (κ3) is 3.47. The van der Waals surface area contributed by atoms with Crippen LogP contribution in [0.3, 0.4) is 0 Å². The van der Waals surface area contributed by atoms with Crippen LogP contribution in [0.15, 0.2) is 23.4 Å². The van der Waals surface area contributed by atoms with Gasteiger partial charge in [0, 0.05) is 27.7 Å². The molecule has 5 nitrogen and oxygen atoms in total. The summed E-state index contributed by atoms with van der Waals surface area (Å²) < 4.78 is 25.5. The fourth-order valence-electron chi connectivity index (χ4n) is 3.41. The predicted octanol–water partition coefficient (Wildman–Crippen LogP) is 4.27. The number of ether oxygens (including phenoxy) is 1. The zero-order valence-electron chi connectivity index (χ0n) is 15.1. The lowest BCUT2D eigenvalue weighted by Crippen LogP contribution is -2.50. The minimum atomic E-state index is -0.762. The van der Waals surface area contributed by atoms with Crippen LogP contribution >= 0.6 is 8.15 Å². The lowest BCUT2D eigenvalue weighted by Gasteiger charge is -2.41. The number of nitrogens with zero attached hydrogens (tertiary/aromatic N) is 2. The van der Waals surface area contributed by atoms with Gasteiger partial charge in [0.15, 0.2) is 5.84 Å². The summed E-state index contributed by atoms with van der Waals surface area (Å²) in [5.74, 6) is 1.29. The first-order valence-corrected chi connectivity index (χ1v) is 10.6. The van der Waals surface area contributed by atoms with Crippen molar-refractivity contribution in [2.24, 2.45) is 5.16 Å². The van der Waals surface area contributed by atoms with Gasteiger partial charge in [-0.25, -0.2) is 4.39 Å². The van der Waals surface area contributed by atoms with Crippen LogP contribution < -0.4 is 4.74 Å². The largest absolute Gasteiger partial charge is 0.493 e. The smallest absolute Gasteiger partial charge is 0.244 e. The Morgan fingerprint density at radius 2 is 2.20 bits per heavy atom. The molecule has 0 bridgehead atoms. The van der Waals surface area contributed by atoms with E-state index in [4.69, 9.17) is 14.1 Å². The molecule has 0 saturated carbocycles. The number of fused-ring (bicyclic) bond motifs is 2. The van der Waals surface area contributed by atoms with E-state index in [2.05, 4.69) is 23.9 Å². The third-order valence-electron chi connectivity index (χ3n) is 4.54. The highest BCUT2D eigenvalue weighted by molar-refractivity contribution is 7.53. The Morgan fingerprint density at radius 3 is 2.92 bits per heavy atom. The van der Waals surface area contributed by atoms with Gasteiger partial charge in [-0.2, -0.15) is 0 Å². The molecule has 1 aromatic carbocycles. The first-order valence-electron chi connectivity index (χ1n) is 8.98. The van der Waals surface area contributed by atoms with Gasteiger partial charge in [-0.05, 0) is 37.7 Å². The minimum absolute atomic E-state index is 0.290. The summed E-state index contributed by atoms with van der Waals surface area (Å²) in [6, 6.07) is 4.61. The van der Waals surface area contributed by atoms with Crippen molar-refractivity contribution in [2.75, 3.05) is 32.1 Å². The van der Waals surface area contributed by atoms with Crippen LogP contribution in [-0.4, -0.2) is 42.8 Å². The lowest BCUT2D eigenvalue weighted by atomic mass is 9.94. The molecule has 0 aliphatic carbocycles. The molecular weight excluding hydrogens is 342 g/mol. The van der Waals surface area contributed by atoms with Crippen molar-refractivity contribution in [1.29, 1.82) is 0 Å². The average Bonchev–Trinajstić information content (AvgIpc) is 2.94. The Labute approximate surface area is 150 Å². The van der Waals surface area contributed by atoms with E-state index in [9.17, 15) is 4.39 Å². The molecule has 2 unspecified atom stereocenters. The van der Waals surface area contributed by atoms with Gasteiger partial charge >= 0.3 is 0 Å². The number of hydrogen-bond donors (Lipinski definition) is 0. The molecule has 0 radical (unpaired) electrons. The summed E-state index contributed by atoms with van der Waals surface area (Å²) in [7, 11) is -0.576. The maximum atomic E-state index is 13.9. The Kier molecular flexibility index (Phi) is 5.80. The van der Waals surface area contributed by atoms with Gasteiger partial charge in [0.25, 0.3) is 0 Å². The molecule has 0 aromatic heterocycles. The molecule has 25 heavy (non-hydrogen) atoms. The van der Waals surface area contributed by atoms with Gasteiger partial charge in [0.2, 0.25) is 5.72 Å². The van der Waals surface area contributed by atoms with Crippen molar-refractivity contribution in [1.82, 2.24) is 4.90 Å². The molecule has 2 atom stereocenters. The van der Waals surface area contributed by atoms with Crippen molar-refractivity contribution < 1.29 is 18.5 Å². The third-order valence-corrected chi connectivity index (χ3v) is 6.50. The molecule has 1 spiro atoms. The van der Waals surface area contributed by atoms with Crippen molar-refractivity contribution >= 4 is 14.0 Å². The molecule has 0 amide bonds. The molecule has 2 aliphatic rings. The summed E-state index contributed by atoms with van der Waals surface area (Å²) >= 11 is 0. The molecule has 138 valence electrons. The van der Waals surface area contributed by atoms with Crippen LogP contribution in [-0.2, 0) is 15.1 Å².